The van der Waals surface area contributed by atoms with Gasteiger partial charge in [0.1, 0.15) is 5.75 Å². The quantitative estimate of drug-likeness (QED) is 0.643. The maximum Gasteiger partial charge on any atom is 0.423 e. The van der Waals surface area contributed by atoms with Crippen LogP contribution in [0.25, 0.3) is 0 Å². The van der Waals surface area contributed by atoms with E-state index in [1.165, 1.54) is 18.2 Å². The summed E-state index contributed by atoms with van der Waals surface area (Å²) in [6.45, 7) is 1.40. The minimum absolute atomic E-state index is 0.565. The Kier molecular flexibility index (Phi) is 2.98. The Bertz CT molecular complexity index is 248. The minimum Gasteiger partial charge on any atom is -0.417 e. The molecular formula is C8H7O2S. The van der Waals surface area contributed by atoms with Gasteiger partial charge in [0.25, 0.3) is 0 Å². The van der Waals surface area contributed by atoms with Gasteiger partial charge >= 0.3 is 6.47 Å². The Morgan fingerprint density at radius 1 is 1.45 bits per heavy atom. The van der Waals surface area contributed by atoms with Gasteiger partial charge in [-0.15, -0.1) is 11.8 Å². The van der Waals surface area contributed by atoms with E-state index in [9.17, 15) is 4.79 Å². The van der Waals surface area contributed by atoms with E-state index in [0.29, 0.717) is 5.75 Å². The van der Waals surface area contributed by atoms with Crippen LogP contribution in [0.5, 0.6) is 5.75 Å². The molecule has 1 rings (SSSR count). The second-order valence-electron chi connectivity index (χ2n) is 1.84. The van der Waals surface area contributed by atoms with Gasteiger partial charge in [-0.1, -0.05) is 12.1 Å². The molecular weight excluding hydrogens is 160 g/mol. The molecule has 0 unspecified atom stereocenters. The van der Waals surface area contributed by atoms with Crippen molar-refractivity contribution in [2.75, 3.05) is 6.26 Å². The van der Waals surface area contributed by atoms with Gasteiger partial charge in [0.15, 0.2) is 0 Å². The lowest BCUT2D eigenvalue weighted by atomic mass is 10.3. The van der Waals surface area contributed by atoms with E-state index in [1.54, 1.807) is 6.07 Å². The molecule has 3 heteroatoms. The highest BCUT2D eigenvalue weighted by molar-refractivity contribution is 7.98. The molecule has 0 heterocycles. The lowest BCUT2D eigenvalue weighted by Gasteiger charge is -2.01. The summed E-state index contributed by atoms with van der Waals surface area (Å²) in [5.41, 5.74) is 0. The molecule has 0 fully saturated rings. The Hall–Kier alpha value is -0.960. The van der Waals surface area contributed by atoms with Gasteiger partial charge in [0, 0.05) is 4.90 Å². The molecule has 57 valence electrons. The summed E-state index contributed by atoms with van der Waals surface area (Å²) in [5, 5.41) is 0. The SMILES string of the molecule is CSc1ccccc1O[C]=O. The number of rotatable bonds is 3. The van der Waals surface area contributed by atoms with E-state index in [-0.39, 0.29) is 0 Å². The molecule has 0 amide bonds. The molecule has 0 aliphatic rings. The summed E-state index contributed by atoms with van der Waals surface area (Å²) >= 11 is 1.53. The standard InChI is InChI=1S/C8H7O2S/c1-11-8-5-3-2-4-7(8)10-6-9/h2-5H,1H3. The minimum atomic E-state index is 0.565. The van der Waals surface area contributed by atoms with Crippen LogP contribution in [-0.2, 0) is 4.79 Å². The smallest absolute Gasteiger partial charge is 0.417 e. The van der Waals surface area contributed by atoms with Gasteiger partial charge in [-0.05, 0) is 18.4 Å². The molecule has 0 aromatic heterocycles. The number of hydrogen-bond acceptors (Lipinski definition) is 3. The fourth-order valence-electron chi connectivity index (χ4n) is 0.748. The number of benzene rings is 1. The fourth-order valence-corrected chi connectivity index (χ4v) is 1.27. The topological polar surface area (TPSA) is 26.3 Å². The maximum atomic E-state index is 9.89. The first-order valence-corrected chi connectivity index (χ1v) is 4.28. The van der Waals surface area contributed by atoms with Crippen LogP contribution in [0, 0.1) is 0 Å². The van der Waals surface area contributed by atoms with E-state index < -0.39 is 0 Å². The molecule has 1 radical (unpaired) electrons. The molecule has 1 aromatic rings. The van der Waals surface area contributed by atoms with Crippen LogP contribution in [0.2, 0.25) is 0 Å². The van der Waals surface area contributed by atoms with Crippen molar-refractivity contribution >= 4 is 18.2 Å². The van der Waals surface area contributed by atoms with Crippen molar-refractivity contribution in [3.05, 3.63) is 24.3 Å². The zero-order chi connectivity index (χ0) is 8.10. The summed E-state index contributed by atoms with van der Waals surface area (Å²) in [7, 11) is 0. The van der Waals surface area contributed by atoms with Crippen molar-refractivity contribution < 1.29 is 9.53 Å². The molecule has 2 nitrogen and oxygen atoms in total. The van der Waals surface area contributed by atoms with Crippen LogP contribution in [0.3, 0.4) is 0 Å². The number of carbonyl (C=O) groups excluding carboxylic acids is 1. The van der Waals surface area contributed by atoms with Crippen LogP contribution in [-0.4, -0.2) is 12.7 Å². The number of hydrogen-bond donors (Lipinski definition) is 0. The maximum absolute atomic E-state index is 9.89. The van der Waals surface area contributed by atoms with Crippen LogP contribution in [0.1, 0.15) is 0 Å². The summed E-state index contributed by atoms with van der Waals surface area (Å²) in [6.07, 6.45) is 1.92. The van der Waals surface area contributed by atoms with Gasteiger partial charge in [0.05, 0.1) is 0 Å². The third-order valence-electron chi connectivity index (χ3n) is 1.22. The lowest BCUT2D eigenvalue weighted by Crippen LogP contribution is -1.89. The highest BCUT2D eigenvalue weighted by Crippen LogP contribution is 2.26. The Labute approximate surface area is 69.6 Å². The summed E-state index contributed by atoms with van der Waals surface area (Å²) in [6, 6.07) is 7.32. The average molecular weight is 167 g/mol. The average Bonchev–Trinajstić information content (AvgIpc) is 2.06. The van der Waals surface area contributed by atoms with Crippen molar-refractivity contribution in [2.24, 2.45) is 0 Å². The Balaban J connectivity index is 2.92. The molecule has 0 saturated heterocycles. The van der Waals surface area contributed by atoms with Crippen LogP contribution >= 0.6 is 11.8 Å². The predicted octanol–water partition coefficient (Wildman–Crippen LogP) is 1.85. The predicted molar refractivity (Wildman–Crippen MR) is 44.5 cm³/mol. The lowest BCUT2D eigenvalue weighted by molar-refractivity contribution is 0.437. The fraction of sp³-hybridized carbons (Fsp3) is 0.125. The molecule has 0 spiro atoms. The normalized spacial score (nSPS) is 9.18. The van der Waals surface area contributed by atoms with Gasteiger partial charge in [-0.3, -0.25) is 0 Å². The second kappa shape index (κ2) is 4.03. The number of thioether (sulfide) groups is 1. The van der Waals surface area contributed by atoms with Crippen molar-refractivity contribution in [3.8, 4) is 5.75 Å². The van der Waals surface area contributed by atoms with E-state index in [1.807, 2.05) is 24.5 Å². The Morgan fingerprint density at radius 3 is 2.82 bits per heavy atom. The largest absolute Gasteiger partial charge is 0.423 e. The van der Waals surface area contributed by atoms with E-state index in [0.717, 1.165) is 4.90 Å². The highest BCUT2D eigenvalue weighted by atomic mass is 32.2. The molecule has 0 atom stereocenters. The van der Waals surface area contributed by atoms with E-state index in [4.69, 9.17) is 0 Å². The molecule has 0 bridgehead atoms. The second-order valence-corrected chi connectivity index (χ2v) is 2.68. The first kappa shape index (κ1) is 8.14. The monoisotopic (exact) mass is 167 g/mol. The molecule has 0 N–H and O–H groups in total. The van der Waals surface area contributed by atoms with Crippen LogP contribution < -0.4 is 4.74 Å². The first-order chi connectivity index (χ1) is 5.38. The molecule has 11 heavy (non-hydrogen) atoms. The number of para-hydroxylation sites is 1. The highest BCUT2D eigenvalue weighted by Gasteiger charge is 1.99. The van der Waals surface area contributed by atoms with E-state index >= 15 is 0 Å². The van der Waals surface area contributed by atoms with Crippen LogP contribution in [0.15, 0.2) is 29.2 Å². The van der Waals surface area contributed by atoms with Gasteiger partial charge in [0.2, 0.25) is 0 Å². The van der Waals surface area contributed by atoms with Gasteiger partial charge in [-0.2, -0.15) is 0 Å². The molecule has 1 aromatic carbocycles. The van der Waals surface area contributed by atoms with Crippen molar-refractivity contribution in [3.63, 3.8) is 0 Å². The summed E-state index contributed by atoms with van der Waals surface area (Å²) in [5.74, 6) is 0.565. The first-order valence-electron chi connectivity index (χ1n) is 3.05. The van der Waals surface area contributed by atoms with Gasteiger partial charge in [-0.25, -0.2) is 4.79 Å². The van der Waals surface area contributed by atoms with Crippen LogP contribution in [0.4, 0.5) is 0 Å². The zero-order valence-corrected chi connectivity index (χ0v) is 6.85. The summed E-state index contributed by atoms with van der Waals surface area (Å²) < 4.78 is 4.60. The molecule has 0 aliphatic heterocycles. The number of ether oxygens (including phenoxy) is 1. The third-order valence-corrected chi connectivity index (χ3v) is 2.00. The summed E-state index contributed by atoms with van der Waals surface area (Å²) in [4.78, 5) is 10.8. The van der Waals surface area contributed by atoms with Crippen molar-refractivity contribution in [1.29, 1.82) is 0 Å². The van der Waals surface area contributed by atoms with Gasteiger partial charge < -0.3 is 4.74 Å². The molecule has 0 saturated carbocycles. The third kappa shape index (κ3) is 1.98. The van der Waals surface area contributed by atoms with Crippen molar-refractivity contribution in [1.82, 2.24) is 0 Å². The molecule has 0 aliphatic carbocycles. The van der Waals surface area contributed by atoms with Crippen molar-refractivity contribution in [2.45, 2.75) is 4.90 Å². The van der Waals surface area contributed by atoms with E-state index in [2.05, 4.69) is 4.74 Å². The zero-order valence-electron chi connectivity index (χ0n) is 6.03. The Morgan fingerprint density at radius 2 is 2.18 bits per heavy atom.